The quantitative estimate of drug-likeness (QED) is 0.350. The van der Waals surface area contributed by atoms with Crippen LogP contribution in [0.15, 0.2) is 64.4 Å². The molecule has 0 heterocycles. The maximum Gasteiger partial charge on any atom is 0.335 e. The molecule has 0 aliphatic heterocycles. The van der Waals surface area contributed by atoms with Crippen molar-refractivity contribution in [3.8, 4) is 11.5 Å². The van der Waals surface area contributed by atoms with Crippen molar-refractivity contribution in [2.24, 2.45) is 0 Å². The molecule has 0 saturated heterocycles. The van der Waals surface area contributed by atoms with Crippen molar-refractivity contribution in [3.63, 3.8) is 0 Å². The lowest BCUT2D eigenvalue weighted by molar-refractivity contribution is 0.0697. The van der Waals surface area contributed by atoms with E-state index in [4.69, 9.17) is 32.7 Å². The smallest absolute Gasteiger partial charge is 0.335 e. The van der Waals surface area contributed by atoms with Crippen LogP contribution in [-0.2, 0) is 20.0 Å². The molecule has 0 unspecified atom stereocenters. The van der Waals surface area contributed by atoms with E-state index in [0.29, 0.717) is 0 Å². The van der Waals surface area contributed by atoms with Crippen LogP contribution in [0.25, 0.3) is 0 Å². The topological polar surface area (TPSA) is 148 Å². The van der Waals surface area contributed by atoms with Gasteiger partial charge in [0, 0.05) is 22.2 Å². The van der Waals surface area contributed by atoms with Crippen molar-refractivity contribution >= 4 is 60.6 Å². The van der Waals surface area contributed by atoms with Crippen LogP contribution < -0.4 is 18.9 Å². The molecule has 3 N–H and O–H groups in total. The summed E-state index contributed by atoms with van der Waals surface area (Å²) in [5.74, 6) is -1.49. The fraction of sp³-hybridized carbons (Fsp3) is 0.0952. The number of aromatic carboxylic acids is 1. The van der Waals surface area contributed by atoms with Crippen molar-refractivity contribution in [1.82, 2.24) is 0 Å². The van der Waals surface area contributed by atoms with Crippen LogP contribution in [0.4, 0.5) is 11.4 Å². The maximum atomic E-state index is 13.1. The maximum absolute atomic E-state index is 13.1. The Morgan fingerprint density at radius 3 is 1.63 bits per heavy atom. The van der Waals surface area contributed by atoms with E-state index < -0.39 is 26.0 Å². The molecule has 3 aromatic carbocycles. The van der Waals surface area contributed by atoms with Crippen molar-refractivity contribution in [3.05, 3.63) is 70.2 Å². The van der Waals surface area contributed by atoms with Crippen LogP contribution >= 0.6 is 23.2 Å². The molecule has 0 amide bonds. The van der Waals surface area contributed by atoms with Crippen LogP contribution in [0.5, 0.6) is 11.5 Å². The number of nitrogens with one attached hydrogen (secondary N) is 2. The number of carbonyl (C=O) groups is 1. The standard InChI is InChI=1S/C21H18Cl2N2O8S2/c1-32-17-10-13(22)4-7-19(17)34(28,29)24-15-6-3-12(21(26)27)9-16(15)25-35(30,31)20-8-5-14(23)11-18(20)33-2/h3-11,24-25H,1-2H3,(H,26,27). The number of rotatable bonds is 9. The number of methoxy groups -OCH3 is 2. The zero-order valence-corrected chi connectivity index (χ0v) is 21.2. The van der Waals surface area contributed by atoms with Gasteiger partial charge in [-0.1, -0.05) is 23.2 Å². The van der Waals surface area contributed by atoms with Gasteiger partial charge in [0.15, 0.2) is 0 Å². The van der Waals surface area contributed by atoms with E-state index in [0.717, 1.165) is 18.2 Å². The molecule has 186 valence electrons. The van der Waals surface area contributed by atoms with E-state index in [1.165, 1.54) is 50.6 Å². The van der Waals surface area contributed by atoms with E-state index in [2.05, 4.69) is 9.44 Å². The summed E-state index contributed by atoms with van der Waals surface area (Å²) in [5.41, 5.74) is -0.889. The molecule has 0 aliphatic rings. The number of carboxylic acid groups (broad SMARTS) is 1. The zero-order chi connectivity index (χ0) is 26.0. The van der Waals surface area contributed by atoms with Crippen LogP contribution in [0.2, 0.25) is 10.0 Å². The Balaban J connectivity index is 2.09. The summed E-state index contributed by atoms with van der Waals surface area (Å²) in [6.45, 7) is 0. The Bertz CT molecular complexity index is 1510. The van der Waals surface area contributed by atoms with Gasteiger partial charge >= 0.3 is 5.97 Å². The largest absolute Gasteiger partial charge is 0.495 e. The molecule has 0 saturated carbocycles. The Morgan fingerprint density at radius 1 is 0.743 bits per heavy atom. The predicted octanol–water partition coefficient (Wildman–Crippen LogP) is 4.31. The Hall–Kier alpha value is -3.19. The monoisotopic (exact) mass is 560 g/mol. The summed E-state index contributed by atoms with van der Waals surface area (Å²) < 4.78 is 67.0. The van der Waals surface area contributed by atoms with E-state index in [-0.39, 0.29) is 48.3 Å². The van der Waals surface area contributed by atoms with Crippen LogP contribution in [0, 0.1) is 0 Å². The third-order valence-corrected chi connectivity index (χ3v) is 7.87. The Labute approximate surface area is 211 Å². The van der Waals surface area contributed by atoms with E-state index in [9.17, 15) is 26.7 Å². The molecule has 0 spiro atoms. The zero-order valence-electron chi connectivity index (χ0n) is 18.1. The van der Waals surface area contributed by atoms with Gasteiger partial charge in [0.1, 0.15) is 21.3 Å². The molecule has 10 nitrogen and oxygen atoms in total. The van der Waals surface area contributed by atoms with Gasteiger partial charge in [-0.3, -0.25) is 9.44 Å². The van der Waals surface area contributed by atoms with E-state index in [1.807, 2.05) is 0 Å². The third kappa shape index (κ3) is 5.90. The van der Waals surface area contributed by atoms with Gasteiger partial charge in [0.25, 0.3) is 20.0 Å². The number of sulfonamides is 2. The number of halogens is 2. The van der Waals surface area contributed by atoms with Gasteiger partial charge in [0.2, 0.25) is 0 Å². The van der Waals surface area contributed by atoms with Crippen LogP contribution in [0.3, 0.4) is 0 Å². The highest BCUT2D eigenvalue weighted by Crippen LogP contribution is 2.34. The van der Waals surface area contributed by atoms with Gasteiger partial charge < -0.3 is 14.6 Å². The lowest BCUT2D eigenvalue weighted by atomic mass is 10.2. The van der Waals surface area contributed by atoms with Gasteiger partial charge in [-0.15, -0.1) is 0 Å². The summed E-state index contributed by atoms with van der Waals surface area (Å²) >= 11 is 11.8. The number of hydrogen-bond acceptors (Lipinski definition) is 7. The number of hydrogen-bond donors (Lipinski definition) is 3. The second-order valence-electron chi connectivity index (χ2n) is 6.87. The summed E-state index contributed by atoms with van der Waals surface area (Å²) in [4.78, 5) is 10.9. The molecule has 0 atom stereocenters. The molecule has 0 fully saturated rings. The lowest BCUT2D eigenvalue weighted by Crippen LogP contribution is -2.19. The lowest BCUT2D eigenvalue weighted by Gasteiger charge is -2.17. The van der Waals surface area contributed by atoms with Gasteiger partial charge in [-0.2, -0.15) is 0 Å². The molecule has 3 rings (SSSR count). The average molecular weight is 561 g/mol. The fourth-order valence-electron chi connectivity index (χ4n) is 2.98. The summed E-state index contributed by atoms with van der Waals surface area (Å²) in [6, 6.07) is 10.8. The fourth-order valence-corrected chi connectivity index (χ4v) is 5.76. The third-order valence-electron chi connectivity index (χ3n) is 4.59. The normalized spacial score (nSPS) is 11.5. The molecular weight excluding hydrogens is 543 g/mol. The summed E-state index contributed by atoms with van der Waals surface area (Å²) in [6.07, 6.45) is 0. The van der Waals surface area contributed by atoms with Gasteiger partial charge in [0.05, 0.1) is 31.2 Å². The molecular formula is C21H18Cl2N2O8S2. The first-order valence-electron chi connectivity index (χ1n) is 9.48. The van der Waals surface area contributed by atoms with Gasteiger partial charge in [-0.05, 0) is 42.5 Å². The SMILES string of the molecule is COc1cc(Cl)ccc1S(=O)(=O)Nc1ccc(C(=O)O)cc1NS(=O)(=O)c1ccc(Cl)cc1OC. The van der Waals surface area contributed by atoms with E-state index >= 15 is 0 Å². The number of ether oxygens (including phenoxy) is 2. The van der Waals surface area contributed by atoms with Crippen molar-refractivity contribution < 1.29 is 36.2 Å². The van der Waals surface area contributed by atoms with E-state index in [1.54, 1.807) is 0 Å². The molecule has 0 aromatic heterocycles. The van der Waals surface area contributed by atoms with Crippen molar-refractivity contribution in [2.75, 3.05) is 23.7 Å². The number of benzene rings is 3. The van der Waals surface area contributed by atoms with Crippen LogP contribution in [-0.4, -0.2) is 42.1 Å². The minimum atomic E-state index is -4.38. The molecule has 14 heteroatoms. The van der Waals surface area contributed by atoms with Gasteiger partial charge in [-0.25, -0.2) is 21.6 Å². The first-order valence-corrected chi connectivity index (χ1v) is 13.2. The first kappa shape index (κ1) is 26.4. The van der Waals surface area contributed by atoms with Crippen LogP contribution in [0.1, 0.15) is 10.4 Å². The second kappa shape index (κ2) is 10.2. The Morgan fingerprint density at radius 2 is 1.20 bits per heavy atom. The van der Waals surface area contributed by atoms with Crippen molar-refractivity contribution in [2.45, 2.75) is 9.79 Å². The molecule has 0 radical (unpaired) electrons. The predicted molar refractivity (Wildman–Crippen MR) is 131 cm³/mol. The number of anilines is 2. The number of carboxylic acids is 1. The highest BCUT2D eigenvalue weighted by Gasteiger charge is 2.25. The molecule has 0 aliphatic carbocycles. The molecule has 0 bridgehead atoms. The summed E-state index contributed by atoms with van der Waals surface area (Å²) in [7, 11) is -6.20. The second-order valence-corrected chi connectivity index (χ2v) is 11.0. The average Bonchev–Trinajstić information content (AvgIpc) is 2.79. The summed E-state index contributed by atoms with van der Waals surface area (Å²) in [5, 5.41) is 9.81. The minimum Gasteiger partial charge on any atom is -0.495 e. The first-order chi connectivity index (χ1) is 16.4. The molecule has 3 aromatic rings. The van der Waals surface area contributed by atoms with Crippen molar-refractivity contribution in [1.29, 1.82) is 0 Å². The highest BCUT2D eigenvalue weighted by atomic mass is 35.5. The highest BCUT2D eigenvalue weighted by molar-refractivity contribution is 7.93. The molecule has 35 heavy (non-hydrogen) atoms. The Kier molecular flexibility index (Phi) is 7.70. The minimum absolute atomic E-state index is 0.0554.